The number of hydrazone groups is 1. The van der Waals surface area contributed by atoms with E-state index in [4.69, 9.17) is 16.3 Å². The fourth-order valence-corrected chi connectivity index (χ4v) is 2.91. The molecule has 23 heavy (non-hydrogen) atoms. The summed E-state index contributed by atoms with van der Waals surface area (Å²) >= 11 is 7.27. The Morgan fingerprint density at radius 2 is 2.17 bits per heavy atom. The van der Waals surface area contributed by atoms with E-state index in [9.17, 15) is 4.79 Å². The van der Waals surface area contributed by atoms with Gasteiger partial charge in [-0.3, -0.25) is 10.7 Å². The van der Waals surface area contributed by atoms with E-state index >= 15 is 0 Å². The summed E-state index contributed by atoms with van der Waals surface area (Å²) in [6.45, 7) is 5.74. The summed E-state index contributed by atoms with van der Waals surface area (Å²) in [6.07, 6.45) is -0.510. The normalized spacial score (nSPS) is 11.2. The highest BCUT2D eigenvalue weighted by Crippen LogP contribution is 2.26. The minimum absolute atomic E-state index is 0.306. The molecule has 122 valence electrons. The minimum Gasteiger partial charge on any atom is -0.450 e. The molecule has 0 saturated heterocycles. The van der Waals surface area contributed by atoms with Crippen molar-refractivity contribution in [2.24, 2.45) is 5.10 Å². The highest BCUT2D eigenvalue weighted by Gasteiger charge is 2.16. The number of carbonyl (C=O) groups is 1. The molecule has 1 aromatic heterocycles. The molecule has 0 bridgehead atoms. The van der Waals surface area contributed by atoms with E-state index in [1.54, 1.807) is 13.0 Å². The molecule has 8 heteroatoms. The molecule has 0 aliphatic heterocycles. The fourth-order valence-electron chi connectivity index (χ4n) is 1.89. The highest BCUT2D eigenvalue weighted by atomic mass is 35.5. The van der Waals surface area contributed by atoms with Gasteiger partial charge in [-0.2, -0.15) is 9.47 Å². The molecule has 1 heterocycles. The lowest BCUT2D eigenvalue weighted by Gasteiger charge is -2.07. The molecule has 0 atom stereocenters. The number of aryl methyl sites for hydroxylation is 1. The van der Waals surface area contributed by atoms with E-state index < -0.39 is 6.09 Å². The van der Waals surface area contributed by atoms with Crippen LogP contribution >= 0.6 is 23.1 Å². The van der Waals surface area contributed by atoms with E-state index in [2.05, 4.69) is 20.2 Å². The zero-order valence-corrected chi connectivity index (χ0v) is 14.6. The molecule has 0 spiro atoms. The first-order valence-electron chi connectivity index (χ1n) is 6.98. The molecule has 0 aliphatic carbocycles. The second-order valence-electron chi connectivity index (χ2n) is 4.61. The van der Waals surface area contributed by atoms with Crippen LogP contribution in [-0.2, 0) is 4.74 Å². The van der Waals surface area contributed by atoms with Gasteiger partial charge in [0.15, 0.2) is 0 Å². The number of aromatic nitrogens is 1. The Kier molecular flexibility index (Phi) is 5.95. The predicted octanol–water partition coefficient (Wildman–Crippen LogP) is 4.51. The number of rotatable bonds is 5. The van der Waals surface area contributed by atoms with Crippen LogP contribution in [0.5, 0.6) is 0 Å². The van der Waals surface area contributed by atoms with Crippen LogP contribution in [0.4, 0.5) is 15.5 Å². The van der Waals surface area contributed by atoms with Crippen molar-refractivity contribution in [3.05, 3.63) is 40.5 Å². The Hall–Kier alpha value is -2.12. The van der Waals surface area contributed by atoms with Gasteiger partial charge in [0.1, 0.15) is 5.00 Å². The van der Waals surface area contributed by atoms with Crippen molar-refractivity contribution in [2.75, 3.05) is 17.3 Å². The first kappa shape index (κ1) is 17.2. The van der Waals surface area contributed by atoms with Crippen LogP contribution in [0.25, 0.3) is 0 Å². The van der Waals surface area contributed by atoms with Crippen molar-refractivity contribution < 1.29 is 9.53 Å². The zero-order valence-electron chi connectivity index (χ0n) is 13.0. The van der Waals surface area contributed by atoms with Crippen LogP contribution < -0.4 is 10.7 Å². The third-order valence-electron chi connectivity index (χ3n) is 2.93. The number of hydrogen-bond donors (Lipinski definition) is 2. The van der Waals surface area contributed by atoms with E-state index in [1.165, 1.54) is 11.5 Å². The van der Waals surface area contributed by atoms with Gasteiger partial charge in [0.25, 0.3) is 0 Å². The molecular formula is C15H17ClN4O2S. The molecule has 0 saturated carbocycles. The van der Waals surface area contributed by atoms with E-state index in [0.29, 0.717) is 28.0 Å². The van der Waals surface area contributed by atoms with Gasteiger partial charge in [0.2, 0.25) is 0 Å². The number of amides is 1. The summed E-state index contributed by atoms with van der Waals surface area (Å²) in [5, 5.41) is 8.19. The van der Waals surface area contributed by atoms with Gasteiger partial charge in [0.05, 0.1) is 34.3 Å². The molecule has 2 N–H and O–H groups in total. The van der Waals surface area contributed by atoms with Crippen molar-refractivity contribution in [2.45, 2.75) is 20.8 Å². The van der Waals surface area contributed by atoms with Gasteiger partial charge >= 0.3 is 6.09 Å². The zero-order chi connectivity index (χ0) is 16.8. The molecule has 2 rings (SSSR count). The molecule has 0 radical (unpaired) electrons. The smallest absolute Gasteiger partial charge is 0.412 e. The molecule has 6 nitrogen and oxygen atoms in total. The lowest BCUT2D eigenvalue weighted by molar-refractivity contribution is 0.168. The van der Waals surface area contributed by atoms with E-state index in [0.717, 1.165) is 11.3 Å². The largest absolute Gasteiger partial charge is 0.450 e. The second-order valence-corrected chi connectivity index (χ2v) is 5.79. The molecular weight excluding hydrogens is 336 g/mol. The first-order chi connectivity index (χ1) is 11.0. The summed E-state index contributed by atoms with van der Waals surface area (Å²) in [5.41, 5.74) is 5.86. The summed E-state index contributed by atoms with van der Waals surface area (Å²) in [5.74, 6) is 0. The average molecular weight is 353 g/mol. The molecule has 0 aliphatic rings. The van der Waals surface area contributed by atoms with Crippen molar-refractivity contribution >= 4 is 45.6 Å². The number of nitrogens with one attached hydrogen (secondary N) is 2. The van der Waals surface area contributed by atoms with Gasteiger partial charge in [0, 0.05) is 0 Å². The third-order valence-corrected chi connectivity index (χ3v) is 4.12. The van der Waals surface area contributed by atoms with Gasteiger partial charge < -0.3 is 4.74 Å². The minimum atomic E-state index is -0.510. The SMILES string of the molecule is CCOC(=O)Nc1snc(C)c1/C(C)=N/Nc1ccccc1Cl. The van der Waals surface area contributed by atoms with Gasteiger partial charge in [-0.25, -0.2) is 4.79 Å². The summed E-state index contributed by atoms with van der Waals surface area (Å²) in [7, 11) is 0. The summed E-state index contributed by atoms with van der Waals surface area (Å²) in [6, 6.07) is 7.32. The highest BCUT2D eigenvalue weighted by molar-refractivity contribution is 7.11. The Balaban J connectivity index is 2.20. The van der Waals surface area contributed by atoms with E-state index in [1.807, 2.05) is 32.0 Å². The molecule has 2 aromatic rings. The molecule has 0 fully saturated rings. The van der Waals surface area contributed by atoms with Gasteiger partial charge in [-0.05, 0) is 44.4 Å². The number of nitrogens with zero attached hydrogens (tertiary/aromatic N) is 2. The maximum atomic E-state index is 11.6. The number of halogens is 1. The lowest BCUT2D eigenvalue weighted by atomic mass is 10.2. The number of anilines is 2. The Morgan fingerprint density at radius 1 is 1.43 bits per heavy atom. The average Bonchev–Trinajstić information content (AvgIpc) is 2.87. The van der Waals surface area contributed by atoms with Crippen molar-refractivity contribution in [1.29, 1.82) is 0 Å². The van der Waals surface area contributed by atoms with Crippen LogP contribution in [-0.4, -0.2) is 22.8 Å². The van der Waals surface area contributed by atoms with Crippen molar-refractivity contribution in [3.63, 3.8) is 0 Å². The fraction of sp³-hybridized carbons (Fsp3) is 0.267. The van der Waals surface area contributed by atoms with Gasteiger partial charge in [-0.1, -0.05) is 23.7 Å². The van der Waals surface area contributed by atoms with Crippen molar-refractivity contribution in [1.82, 2.24) is 4.37 Å². The maximum absolute atomic E-state index is 11.6. The number of benzene rings is 1. The van der Waals surface area contributed by atoms with E-state index in [-0.39, 0.29) is 0 Å². The lowest BCUT2D eigenvalue weighted by Crippen LogP contribution is -2.14. The standard InChI is InChI=1S/C15H17ClN4O2S/c1-4-22-15(21)17-14-13(10(3)20-23-14)9(2)18-19-12-8-6-5-7-11(12)16/h5-8,19H,4H2,1-3H3,(H,17,21)/b18-9+. The van der Waals surface area contributed by atoms with Crippen molar-refractivity contribution in [3.8, 4) is 0 Å². The summed E-state index contributed by atoms with van der Waals surface area (Å²) in [4.78, 5) is 11.6. The van der Waals surface area contributed by atoms with Gasteiger partial charge in [-0.15, -0.1) is 0 Å². The van der Waals surface area contributed by atoms with Crippen LogP contribution in [0.3, 0.4) is 0 Å². The predicted molar refractivity (Wildman–Crippen MR) is 94.8 cm³/mol. The Morgan fingerprint density at radius 3 is 2.87 bits per heavy atom. The topological polar surface area (TPSA) is 75.6 Å². The van der Waals surface area contributed by atoms with Crippen LogP contribution in [0.2, 0.25) is 5.02 Å². The second kappa shape index (κ2) is 7.94. The Labute approximate surface area is 143 Å². The monoisotopic (exact) mass is 352 g/mol. The molecule has 1 aromatic carbocycles. The molecule has 0 unspecified atom stereocenters. The maximum Gasteiger partial charge on any atom is 0.412 e. The summed E-state index contributed by atoms with van der Waals surface area (Å²) < 4.78 is 9.15. The van der Waals surface area contributed by atoms with Crippen LogP contribution in [0, 0.1) is 6.92 Å². The van der Waals surface area contributed by atoms with Crippen LogP contribution in [0.15, 0.2) is 29.4 Å². The number of carbonyl (C=O) groups excluding carboxylic acids is 1. The third kappa shape index (κ3) is 4.43. The number of para-hydroxylation sites is 1. The quantitative estimate of drug-likeness (QED) is 0.613. The molecule has 1 amide bonds. The first-order valence-corrected chi connectivity index (χ1v) is 8.13. The van der Waals surface area contributed by atoms with Crippen LogP contribution in [0.1, 0.15) is 25.1 Å². The number of hydrogen-bond acceptors (Lipinski definition) is 6. The number of ether oxygens (including phenoxy) is 1. The Bertz CT molecular complexity index is 730.